The molecule has 0 aliphatic carbocycles. The molecule has 0 saturated carbocycles. The van der Waals surface area contributed by atoms with E-state index in [1.807, 2.05) is 0 Å². The van der Waals surface area contributed by atoms with Crippen LogP contribution in [-0.2, 0) is 10.0 Å². The predicted octanol–water partition coefficient (Wildman–Crippen LogP) is 4.14. The number of aliphatic imine (C=N–C) groups is 1. The average Bonchev–Trinajstić information content (AvgIpc) is 2.92. The molecule has 0 amide bonds. The molecular weight excluding hydrogens is 339 g/mol. The lowest BCUT2D eigenvalue weighted by atomic mass is 10.2. The molecular formula is C19H21FN2O2S. The number of rotatable bonds is 4. The van der Waals surface area contributed by atoms with Gasteiger partial charge in [0.2, 0.25) is 10.0 Å². The van der Waals surface area contributed by atoms with E-state index in [0.717, 1.165) is 31.2 Å². The Labute approximate surface area is 148 Å². The largest absolute Gasteiger partial charge is 0.256 e. The van der Waals surface area contributed by atoms with Gasteiger partial charge < -0.3 is 0 Å². The zero-order valence-electron chi connectivity index (χ0n) is 13.9. The van der Waals surface area contributed by atoms with E-state index in [9.17, 15) is 12.8 Å². The van der Waals surface area contributed by atoms with Crippen molar-refractivity contribution in [3.05, 3.63) is 59.9 Å². The van der Waals surface area contributed by atoms with Crippen LogP contribution in [0.25, 0.3) is 0 Å². The van der Waals surface area contributed by atoms with Crippen molar-refractivity contribution in [2.45, 2.75) is 30.6 Å². The van der Waals surface area contributed by atoms with Gasteiger partial charge in [0, 0.05) is 19.3 Å². The van der Waals surface area contributed by atoms with Crippen LogP contribution in [0.2, 0.25) is 0 Å². The van der Waals surface area contributed by atoms with Gasteiger partial charge in [0.15, 0.2) is 0 Å². The maximum Gasteiger partial charge on any atom is 0.243 e. The minimum absolute atomic E-state index is 0.291. The van der Waals surface area contributed by atoms with Gasteiger partial charge in [-0.2, -0.15) is 4.31 Å². The molecule has 0 N–H and O–H groups in total. The van der Waals surface area contributed by atoms with Crippen molar-refractivity contribution in [1.29, 1.82) is 0 Å². The van der Waals surface area contributed by atoms with Gasteiger partial charge in [0.1, 0.15) is 5.82 Å². The molecule has 2 aromatic carbocycles. The van der Waals surface area contributed by atoms with Crippen molar-refractivity contribution in [2.24, 2.45) is 4.99 Å². The Balaban J connectivity index is 1.73. The molecule has 1 fully saturated rings. The molecule has 0 unspecified atom stereocenters. The Morgan fingerprint density at radius 2 is 1.48 bits per heavy atom. The molecule has 6 heteroatoms. The summed E-state index contributed by atoms with van der Waals surface area (Å²) in [5, 5.41) is 0. The van der Waals surface area contributed by atoms with Crippen molar-refractivity contribution in [1.82, 2.24) is 4.31 Å². The summed E-state index contributed by atoms with van der Waals surface area (Å²) in [5.41, 5.74) is 1.43. The average molecular weight is 360 g/mol. The lowest BCUT2D eigenvalue weighted by molar-refractivity contribution is 0.424. The summed E-state index contributed by atoms with van der Waals surface area (Å²) >= 11 is 0. The molecule has 132 valence electrons. The zero-order valence-corrected chi connectivity index (χ0v) is 14.8. The van der Waals surface area contributed by atoms with Crippen molar-refractivity contribution in [2.75, 3.05) is 13.1 Å². The predicted molar refractivity (Wildman–Crippen MR) is 97.3 cm³/mol. The lowest BCUT2D eigenvalue weighted by Gasteiger charge is -2.19. The van der Waals surface area contributed by atoms with Crippen molar-refractivity contribution >= 4 is 21.9 Å². The molecule has 2 aromatic rings. The van der Waals surface area contributed by atoms with Crippen LogP contribution >= 0.6 is 0 Å². The quantitative estimate of drug-likeness (QED) is 0.770. The van der Waals surface area contributed by atoms with Crippen LogP contribution in [0.1, 0.15) is 31.2 Å². The number of hydrogen-bond donors (Lipinski definition) is 0. The van der Waals surface area contributed by atoms with Crippen molar-refractivity contribution in [3.8, 4) is 0 Å². The summed E-state index contributed by atoms with van der Waals surface area (Å²) in [6.45, 7) is 1.18. The molecule has 4 nitrogen and oxygen atoms in total. The molecule has 1 aliphatic rings. The topological polar surface area (TPSA) is 49.7 Å². The number of halogens is 1. The SMILES string of the molecule is O=S(=O)(c1ccc(N=Cc2ccc(F)cc2)cc1)N1CCCCCC1. The van der Waals surface area contributed by atoms with Crippen LogP contribution in [0.15, 0.2) is 58.4 Å². The van der Waals surface area contributed by atoms with Crippen LogP contribution in [0.3, 0.4) is 0 Å². The van der Waals surface area contributed by atoms with E-state index in [0.29, 0.717) is 23.7 Å². The summed E-state index contributed by atoms with van der Waals surface area (Å²) in [6.07, 6.45) is 5.63. The van der Waals surface area contributed by atoms with Crippen LogP contribution in [0.5, 0.6) is 0 Å². The number of hydrogen-bond acceptors (Lipinski definition) is 3. The van der Waals surface area contributed by atoms with E-state index in [1.54, 1.807) is 46.9 Å². The third-order valence-electron chi connectivity index (χ3n) is 4.27. The number of sulfonamides is 1. The molecule has 0 radical (unpaired) electrons. The summed E-state index contributed by atoms with van der Waals surface area (Å²) < 4.78 is 39.9. The normalized spacial score (nSPS) is 16.8. The van der Waals surface area contributed by atoms with E-state index in [2.05, 4.69) is 4.99 Å². The first kappa shape index (κ1) is 17.8. The first-order chi connectivity index (χ1) is 12.1. The highest BCUT2D eigenvalue weighted by atomic mass is 32.2. The zero-order chi connectivity index (χ0) is 17.7. The molecule has 25 heavy (non-hydrogen) atoms. The summed E-state index contributed by atoms with van der Waals surface area (Å²) in [4.78, 5) is 4.60. The van der Waals surface area contributed by atoms with Crippen molar-refractivity contribution in [3.63, 3.8) is 0 Å². The number of nitrogens with zero attached hydrogens (tertiary/aromatic N) is 2. The Bertz CT molecular complexity index is 823. The summed E-state index contributed by atoms with van der Waals surface area (Å²) in [5.74, 6) is -0.291. The molecule has 0 spiro atoms. The number of benzene rings is 2. The Hall–Kier alpha value is -2.05. The van der Waals surface area contributed by atoms with E-state index in [-0.39, 0.29) is 5.82 Å². The van der Waals surface area contributed by atoms with Crippen LogP contribution in [-0.4, -0.2) is 32.0 Å². The highest BCUT2D eigenvalue weighted by Crippen LogP contribution is 2.22. The molecule has 0 bridgehead atoms. The summed E-state index contributed by atoms with van der Waals surface area (Å²) in [6, 6.07) is 12.6. The van der Waals surface area contributed by atoms with Gasteiger partial charge in [-0.15, -0.1) is 0 Å². The first-order valence-corrected chi connectivity index (χ1v) is 9.89. The molecule has 0 aromatic heterocycles. The van der Waals surface area contributed by atoms with Gasteiger partial charge in [-0.3, -0.25) is 4.99 Å². The van der Waals surface area contributed by atoms with Crippen LogP contribution in [0, 0.1) is 5.82 Å². The highest BCUT2D eigenvalue weighted by Gasteiger charge is 2.24. The second-order valence-corrected chi connectivity index (χ2v) is 8.06. The Morgan fingerprint density at radius 3 is 2.08 bits per heavy atom. The van der Waals surface area contributed by atoms with E-state index in [1.165, 1.54) is 12.1 Å². The second kappa shape index (κ2) is 7.89. The third-order valence-corrected chi connectivity index (χ3v) is 6.19. The maximum absolute atomic E-state index is 12.9. The lowest BCUT2D eigenvalue weighted by Crippen LogP contribution is -2.31. The fourth-order valence-electron chi connectivity index (χ4n) is 2.83. The fourth-order valence-corrected chi connectivity index (χ4v) is 4.35. The molecule has 0 atom stereocenters. The molecule has 1 saturated heterocycles. The minimum Gasteiger partial charge on any atom is -0.256 e. The third kappa shape index (κ3) is 4.52. The monoisotopic (exact) mass is 360 g/mol. The maximum atomic E-state index is 12.9. The van der Waals surface area contributed by atoms with E-state index < -0.39 is 10.0 Å². The fraction of sp³-hybridized carbons (Fsp3) is 0.316. The van der Waals surface area contributed by atoms with Crippen molar-refractivity contribution < 1.29 is 12.8 Å². The standard InChI is InChI=1S/C19H21FN2O2S/c20-17-7-5-16(6-8-17)15-21-18-9-11-19(12-10-18)25(23,24)22-13-3-1-2-4-14-22/h5-12,15H,1-4,13-14H2. The molecule has 1 heterocycles. The Morgan fingerprint density at radius 1 is 0.880 bits per heavy atom. The van der Waals surface area contributed by atoms with Gasteiger partial charge >= 0.3 is 0 Å². The van der Waals surface area contributed by atoms with E-state index >= 15 is 0 Å². The smallest absolute Gasteiger partial charge is 0.243 e. The van der Waals surface area contributed by atoms with Gasteiger partial charge in [-0.05, 0) is 54.8 Å². The first-order valence-electron chi connectivity index (χ1n) is 8.45. The van der Waals surface area contributed by atoms with E-state index in [4.69, 9.17) is 0 Å². The minimum atomic E-state index is -3.43. The van der Waals surface area contributed by atoms with Gasteiger partial charge in [-0.1, -0.05) is 25.0 Å². The van der Waals surface area contributed by atoms with Gasteiger partial charge in [0.05, 0.1) is 10.6 Å². The molecule has 3 rings (SSSR count). The highest BCUT2D eigenvalue weighted by molar-refractivity contribution is 7.89. The second-order valence-electron chi connectivity index (χ2n) is 6.12. The summed E-state index contributed by atoms with van der Waals surface area (Å²) in [7, 11) is -3.43. The van der Waals surface area contributed by atoms with Gasteiger partial charge in [0.25, 0.3) is 0 Å². The van der Waals surface area contributed by atoms with Crippen LogP contribution < -0.4 is 0 Å². The van der Waals surface area contributed by atoms with Gasteiger partial charge in [-0.25, -0.2) is 12.8 Å². The Kier molecular flexibility index (Phi) is 5.60. The van der Waals surface area contributed by atoms with Crippen LogP contribution in [0.4, 0.5) is 10.1 Å². The molecule has 1 aliphatic heterocycles.